The van der Waals surface area contributed by atoms with Crippen LogP contribution in [0.15, 0.2) is 36.0 Å². The fourth-order valence-corrected chi connectivity index (χ4v) is 5.06. The van der Waals surface area contributed by atoms with Gasteiger partial charge in [0.25, 0.3) is 0 Å². The number of anilines is 1. The van der Waals surface area contributed by atoms with Crippen molar-refractivity contribution in [3.05, 3.63) is 36.0 Å². The number of hydrogen-bond donors (Lipinski definition) is 2. The van der Waals surface area contributed by atoms with Crippen molar-refractivity contribution in [2.75, 3.05) is 37.6 Å². The molecule has 0 bridgehead atoms. The lowest BCUT2D eigenvalue weighted by Crippen LogP contribution is -2.48. The molecular formula is C23H25N5O4S. The van der Waals surface area contributed by atoms with E-state index in [1.165, 1.54) is 16.2 Å². The van der Waals surface area contributed by atoms with Crippen LogP contribution >= 0.6 is 11.3 Å². The molecule has 3 aromatic rings. The van der Waals surface area contributed by atoms with E-state index in [1.54, 1.807) is 5.51 Å². The molecule has 172 valence electrons. The topological polar surface area (TPSA) is 108 Å². The van der Waals surface area contributed by atoms with E-state index in [0.29, 0.717) is 39.1 Å². The quantitative estimate of drug-likeness (QED) is 0.594. The number of nitrogens with zero attached hydrogens (tertiary/aromatic N) is 4. The van der Waals surface area contributed by atoms with Crippen LogP contribution in [0.25, 0.3) is 21.5 Å². The molecule has 2 aliphatic rings. The minimum Gasteiger partial charge on any atom is -0.489 e. The Hall–Kier alpha value is -3.40. The van der Waals surface area contributed by atoms with Crippen LogP contribution in [0.1, 0.15) is 13.3 Å². The predicted molar refractivity (Wildman–Crippen MR) is 126 cm³/mol. The average molecular weight is 468 g/mol. The van der Waals surface area contributed by atoms with Gasteiger partial charge in [-0.25, -0.2) is 9.78 Å². The molecule has 4 heterocycles. The number of pyridine rings is 1. The van der Waals surface area contributed by atoms with E-state index in [9.17, 15) is 9.59 Å². The summed E-state index contributed by atoms with van der Waals surface area (Å²) in [6.45, 7) is 4.90. The van der Waals surface area contributed by atoms with E-state index < -0.39 is 6.09 Å². The summed E-state index contributed by atoms with van der Waals surface area (Å²) >= 11 is 1.53. The largest absolute Gasteiger partial charge is 0.489 e. The summed E-state index contributed by atoms with van der Waals surface area (Å²) in [5.41, 5.74) is 5.37. The Kier molecular flexibility index (Phi) is 5.76. The first-order chi connectivity index (χ1) is 16.0. The number of amides is 2. The number of carbonyl (C=O) groups is 2. The predicted octanol–water partition coefficient (Wildman–Crippen LogP) is 3.06. The third-order valence-corrected chi connectivity index (χ3v) is 7.20. The third-order valence-electron chi connectivity index (χ3n) is 6.34. The third kappa shape index (κ3) is 4.43. The van der Waals surface area contributed by atoms with Crippen LogP contribution in [0.2, 0.25) is 0 Å². The van der Waals surface area contributed by atoms with Crippen LogP contribution < -0.4 is 15.0 Å². The van der Waals surface area contributed by atoms with Gasteiger partial charge >= 0.3 is 6.09 Å². The number of benzene rings is 1. The number of thiazole rings is 1. The van der Waals surface area contributed by atoms with E-state index in [0.717, 1.165) is 32.9 Å². The van der Waals surface area contributed by atoms with E-state index >= 15 is 0 Å². The maximum atomic E-state index is 11.6. The number of nitrogens with one attached hydrogen (secondary N) is 1. The second-order valence-corrected chi connectivity index (χ2v) is 9.28. The molecule has 2 aromatic heterocycles. The maximum Gasteiger partial charge on any atom is 0.407 e. The summed E-state index contributed by atoms with van der Waals surface area (Å²) in [5.74, 6) is 0.969. The molecule has 1 unspecified atom stereocenters. The first-order valence-electron chi connectivity index (χ1n) is 11.0. The van der Waals surface area contributed by atoms with E-state index in [-0.39, 0.29) is 17.9 Å². The molecule has 2 saturated heterocycles. The number of fused-ring (bicyclic) bond motifs is 1. The van der Waals surface area contributed by atoms with Gasteiger partial charge < -0.3 is 25.0 Å². The zero-order valence-electron chi connectivity index (χ0n) is 18.2. The first-order valence-corrected chi connectivity index (χ1v) is 11.9. The molecule has 0 saturated carbocycles. The van der Waals surface area contributed by atoms with Crippen LogP contribution in [0.3, 0.4) is 0 Å². The number of ether oxygens (including phenoxy) is 1. The summed E-state index contributed by atoms with van der Waals surface area (Å²) in [5, 5.41) is 12.0. The number of rotatable bonds is 5. The van der Waals surface area contributed by atoms with Gasteiger partial charge in [0.05, 0.1) is 33.3 Å². The maximum absolute atomic E-state index is 11.6. The molecule has 2 fully saturated rings. The number of hydrogen-bond acceptors (Lipinski definition) is 7. The van der Waals surface area contributed by atoms with Crippen molar-refractivity contribution in [2.24, 2.45) is 5.92 Å². The monoisotopic (exact) mass is 467 g/mol. The Morgan fingerprint density at radius 2 is 2.06 bits per heavy atom. The van der Waals surface area contributed by atoms with Crippen LogP contribution in [0, 0.1) is 5.92 Å². The van der Waals surface area contributed by atoms with Crippen molar-refractivity contribution >= 4 is 39.2 Å². The van der Waals surface area contributed by atoms with Gasteiger partial charge in [-0.15, -0.1) is 11.3 Å². The molecule has 33 heavy (non-hydrogen) atoms. The molecule has 2 atom stereocenters. The summed E-state index contributed by atoms with van der Waals surface area (Å²) in [4.78, 5) is 35.4. The van der Waals surface area contributed by atoms with Crippen LogP contribution in [0.4, 0.5) is 10.5 Å². The van der Waals surface area contributed by atoms with Crippen molar-refractivity contribution in [3.63, 3.8) is 0 Å². The lowest BCUT2D eigenvalue weighted by molar-refractivity contribution is -0.119. The molecule has 0 spiro atoms. The Balaban J connectivity index is 1.35. The lowest BCUT2D eigenvalue weighted by atomic mass is 10.0. The molecule has 10 heteroatoms. The Morgan fingerprint density at radius 3 is 2.73 bits per heavy atom. The Morgan fingerprint density at radius 1 is 1.24 bits per heavy atom. The van der Waals surface area contributed by atoms with Gasteiger partial charge in [0.1, 0.15) is 11.9 Å². The van der Waals surface area contributed by atoms with Gasteiger partial charge in [-0.1, -0.05) is 0 Å². The molecule has 2 N–H and O–H groups in total. The second-order valence-electron chi connectivity index (χ2n) is 8.42. The van der Waals surface area contributed by atoms with E-state index in [2.05, 4.69) is 20.2 Å². The number of aromatic nitrogens is 2. The summed E-state index contributed by atoms with van der Waals surface area (Å²) in [7, 11) is 0. The highest BCUT2D eigenvalue weighted by Crippen LogP contribution is 2.36. The molecule has 2 amide bonds. The molecule has 0 radical (unpaired) electrons. The van der Waals surface area contributed by atoms with E-state index in [1.807, 2.05) is 37.4 Å². The SMILES string of the molecule is C[C@@H](Oc1cc(-c2ccc(N3CCN(C(=O)O)CC3)cn2)cc2ncsc12)C1CNC(=O)C1. The highest BCUT2D eigenvalue weighted by atomic mass is 32.1. The Labute approximate surface area is 195 Å². The lowest BCUT2D eigenvalue weighted by Gasteiger charge is -2.34. The van der Waals surface area contributed by atoms with Crippen LogP contribution in [0.5, 0.6) is 5.75 Å². The van der Waals surface area contributed by atoms with Crippen molar-refractivity contribution in [3.8, 4) is 17.0 Å². The van der Waals surface area contributed by atoms with Crippen molar-refractivity contribution in [1.29, 1.82) is 0 Å². The molecule has 0 aliphatic carbocycles. The van der Waals surface area contributed by atoms with Crippen LogP contribution in [-0.2, 0) is 4.79 Å². The standard InChI is InChI=1S/C23H25N5O4S/c1-14(16-10-21(29)25-11-16)32-20-9-15(8-19-22(20)33-13-26-19)18-3-2-17(12-24-18)27-4-6-28(7-5-27)23(30)31/h2-3,8-9,12-14,16H,4-7,10-11H2,1H3,(H,25,29)(H,30,31)/t14-,16?/m1/s1. The van der Waals surface area contributed by atoms with Crippen LogP contribution in [-0.4, -0.2) is 70.8 Å². The molecular weight excluding hydrogens is 442 g/mol. The Bertz CT molecular complexity index is 1170. The van der Waals surface area contributed by atoms with E-state index in [4.69, 9.17) is 9.84 Å². The number of carboxylic acid groups (broad SMARTS) is 1. The average Bonchev–Trinajstić information content (AvgIpc) is 3.48. The van der Waals surface area contributed by atoms with Gasteiger partial charge in [0, 0.05) is 50.6 Å². The van der Waals surface area contributed by atoms with Gasteiger partial charge in [-0.05, 0) is 31.2 Å². The number of piperazine rings is 1. The zero-order chi connectivity index (χ0) is 22.9. The fraction of sp³-hybridized carbons (Fsp3) is 0.391. The fourth-order valence-electron chi connectivity index (χ4n) is 4.33. The molecule has 9 nitrogen and oxygen atoms in total. The second kappa shape index (κ2) is 8.86. The van der Waals surface area contributed by atoms with Crippen molar-refractivity contribution in [2.45, 2.75) is 19.4 Å². The zero-order valence-corrected chi connectivity index (χ0v) is 19.0. The first kappa shape index (κ1) is 21.4. The smallest absolute Gasteiger partial charge is 0.407 e. The highest BCUT2D eigenvalue weighted by Gasteiger charge is 2.28. The van der Waals surface area contributed by atoms with Crippen molar-refractivity contribution < 1.29 is 19.4 Å². The van der Waals surface area contributed by atoms with Gasteiger partial charge in [-0.2, -0.15) is 0 Å². The van der Waals surface area contributed by atoms with Crippen molar-refractivity contribution in [1.82, 2.24) is 20.2 Å². The van der Waals surface area contributed by atoms with Gasteiger partial charge in [0.2, 0.25) is 5.91 Å². The minimum atomic E-state index is -0.872. The molecule has 5 rings (SSSR count). The normalized spacial score (nSPS) is 19.5. The minimum absolute atomic E-state index is 0.0702. The van der Waals surface area contributed by atoms with Gasteiger partial charge in [0.15, 0.2) is 0 Å². The highest BCUT2D eigenvalue weighted by molar-refractivity contribution is 7.17. The van der Waals surface area contributed by atoms with Gasteiger partial charge in [-0.3, -0.25) is 9.78 Å². The summed E-state index contributed by atoms with van der Waals surface area (Å²) < 4.78 is 7.30. The summed E-state index contributed by atoms with van der Waals surface area (Å²) in [6.07, 6.45) is 1.33. The summed E-state index contributed by atoms with van der Waals surface area (Å²) in [6, 6.07) is 7.99. The molecule has 2 aliphatic heterocycles. The number of carbonyl (C=O) groups excluding carboxylic acids is 1. The molecule has 1 aromatic carbocycles.